The molecule has 0 unspecified atom stereocenters. The third-order valence-electron chi connectivity index (χ3n) is 1.75. The van der Waals surface area contributed by atoms with Gasteiger partial charge in [0.1, 0.15) is 0 Å². The van der Waals surface area contributed by atoms with Crippen LogP contribution in [0.4, 0.5) is 0 Å². The molecule has 0 aliphatic heterocycles. The van der Waals surface area contributed by atoms with E-state index in [4.69, 9.17) is 34.8 Å². The Morgan fingerprint density at radius 3 is 2.15 bits per heavy atom. The molecule has 76 valence electrons. The number of rotatable bonds is 5. The van der Waals surface area contributed by atoms with E-state index in [1.807, 2.05) is 19.9 Å². The maximum atomic E-state index is 5.99. The first-order valence-electron chi connectivity index (χ1n) is 4.23. The van der Waals surface area contributed by atoms with Crippen LogP contribution in [0.1, 0.15) is 26.7 Å². The van der Waals surface area contributed by atoms with Gasteiger partial charge in [-0.2, -0.15) is 0 Å². The summed E-state index contributed by atoms with van der Waals surface area (Å²) in [6.45, 7) is 4.02. The van der Waals surface area contributed by atoms with Crippen molar-refractivity contribution in [3.05, 3.63) is 22.3 Å². The molecule has 0 bridgehead atoms. The lowest BCUT2D eigenvalue weighted by molar-refractivity contribution is 0.951. The van der Waals surface area contributed by atoms with Crippen molar-refractivity contribution in [3.63, 3.8) is 0 Å². The van der Waals surface area contributed by atoms with Gasteiger partial charge in [-0.1, -0.05) is 28.8 Å². The predicted octanol–water partition coefficient (Wildman–Crippen LogP) is 4.70. The van der Waals surface area contributed by atoms with Gasteiger partial charge in [0, 0.05) is 16.8 Å². The zero-order valence-electron chi connectivity index (χ0n) is 8.04. The van der Waals surface area contributed by atoms with E-state index < -0.39 is 0 Å². The molecule has 0 atom stereocenters. The summed E-state index contributed by atoms with van der Waals surface area (Å²) in [5.74, 6) is 1.06. The quantitative estimate of drug-likeness (QED) is 0.483. The Bertz CT molecular complexity index is 200. The van der Waals surface area contributed by atoms with Crippen LogP contribution in [0.25, 0.3) is 0 Å². The van der Waals surface area contributed by atoms with Crippen molar-refractivity contribution in [2.24, 2.45) is 0 Å². The average Bonchev–Trinajstić information content (AvgIpc) is 2.11. The number of hydrogen-bond donors (Lipinski definition) is 0. The van der Waals surface area contributed by atoms with E-state index >= 15 is 0 Å². The summed E-state index contributed by atoms with van der Waals surface area (Å²) in [6, 6.07) is 0. The lowest BCUT2D eigenvalue weighted by atomic mass is 10.1. The molecule has 3 heteroatoms. The molecule has 0 N–H and O–H groups in total. The second-order valence-electron chi connectivity index (χ2n) is 3.06. The van der Waals surface area contributed by atoms with E-state index in [0.29, 0.717) is 11.8 Å². The van der Waals surface area contributed by atoms with Crippen molar-refractivity contribution in [2.45, 2.75) is 26.7 Å². The fourth-order valence-electron chi connectivity index (χ4n) is 0.853. The van der Waals surface area contributed by atoms with Crippen LogP contribution in [0, 0.1) is 0 Å². The monoisotopic (exact) mass is 240 g/mol. The first-order chi connectivity index (χ1) is 6.11. The summed E-state index contributed by atoms with van der Waals surface area (Å²) in [6.07, 6.45) is 3.71. The van der Waals surface area contributed by atoms with E-state index in [-0.39, 0.29) is 0 Å². The highest BCUT2D eigenvalue weighted by atomic mass is 35.5. The highest BCUT2D eigenvalue weighted by Gasteiger charge is 1.99. The lowest BCUT2D eigenvalue weighted by Crippen LogP contribution is -1.88. The molecular weight excluding hydrogens is 226 g/mol. The summed E-state index contributed by atoms with van der Waals surface area (Å²) in [7, 11) is 0. The predicted molar refractivity (Wildman–Crippen MR) is 63.0 cm³/mol. The minimum absolute atomic E-state index is 0.522. The Morgan fingerprint density at radius 2 is 1.77 bits per heavy atom. The van der Waals surface area contributed by atoms with Gasteiger partial charge in [-0.15, -0.1) is 23.2 Å². The molecule has 0 radical (unpaired) electrons. The Morgan fingerprint density at radius 1 is 1.15 bits per heavy atom. The summed E-state index contributed by atoms with van der Waals surface area (Å²) in [5.41, 5.74) is 2.33. The minimum atomic E-state index is 0.522. The number of halogens is 3. The lowest BCUT2D eigenvalue weighted by Gasteiger charge is -2.03. The zero-order chi connectivity index (χ0) is 10.3. The maximum absolute atomic E-state index is 5.99. The molecule has 0 nitrogen and oxygen atoms in total. The molecule has 0 amide bonds. The molecule has 0 aromatic rings. The highest BCUT2D eigenvalue weighted by Crippen LogP contribution is 2.19. The van der Waals surface area contributed by atoms with Crippen LogP contribution >= 0.6 is 34.8 Å². The van der Waals surface area contributed by atoms with Crippen LogP contribution in [-0.4, -0.2) is 11.8 Å². The third-order valence-corrected chi connectivity index (χ3v) is 2.81. The number of alkyl halides is 2. The second kappa shape index (κ2) is 7.73. The normalized spacial score (nSPS) is 11.6. The first kappa shape index (κ1) is 13.4. The van der Waals surface area contributed by atoms with Crippen LogP contribution in [-0.2, 0) is 0 Å². The zero-order valence-corrected chi connectivity index (χ0v) is 10.3. The molecular formula is C10H15Cl3. The Hall–Kier alpha value is 0.350. The van der Waals surface area contributed by atoms with Crippen molar-refractivity contribution in [3.8, 4) is 0 Å². The van der Waals surface area contributed by atoms with Gasteiger partial charge < -0.3 is 0 Å². The first-order valence-corrected chi connectivity index (χ1v) is 5.68. The van der Waals surface area contributed by atoms with Gasteiger partial charge in [0.15, 0.2) is 0 Å². The summed E-state index contributed by atoms with van der Waals surface area (Å²) < 4.78 is 0. The Labute approximate surface area is 95.6 Å². The molecule has 0 aliphatic rings. The summed E-state index contributed by atoms with van der Waals surface area (Å²) in [5, 5.41) is 0.922. The topological polar surface area (TPSA) is 0 Å². The maximum Gasteiger partial charge on any atom is 0.0434 e. The molecule has 0 aliphatic carbocycles. The molecule has 0 aromatic carbocycles. The van der Waals surface area contributed by atoms with Crippen molar-refractivity contribution in [1.82, 2.24) is 0 Å². The summed E-state index contributed by atoms with van der Waals surface area (Å²) >= 11 is 17.3. The number of allylic oxidation sites excluding steroid dienone is 4. The van der Waals surface area contributed by atoms with Gasteiger partial charge in [-0.25, -0.2) is 0 Å². The Balaban J connectivity index is 4.00. The van der Waals surface area contributed by atoms with Gasteiger partial charge in [0.2, 0.25) is 0 Å². The van der Waals surface area contributed by atoms with Crippen LogP contribution in [0.3, 0.4) is 0 Å². The van der Waals surface area contributed by atoms with Crippen LogP contribution < -0.4 is 0 Å². The molecule has 0 saturated heterocycles. The van der Waals surface area contributed by atoms with E-state index in [0.717, 1.165) is 23.4 Å². The summed E-state index contributed by atoms with van der Waals surface area (Å²) in [4.78, 5) is 0. The standard InChI is InChI=1S/C10H15Cl3/c1-8(2)10(13)4-3-9(7-12)5-6-11/h5H,3-4,6-7H2,1-2H3/b9-5-. The van der Waals surface area contributed by atoms with Crippen LogP contribution in [0.2, 0.25) is 0 Å². The fraction of sp³-hybridized carbons (Fsp3) is 0.600. The smallest absolute Gasteiger partial charge is 0.0434 e. The van der Waals surface area contributed by atoms with E-state index in [1.165, 1.54) is 5.57 Å². The van der Waals surface area contributed by atoms with Crippen molar-refractivity contribution in [2.75, 3.05) is 11.8 Å². The van der Waals surface area contributed by atoms with Gasteiger partial charge >= 0.3 is 0 Å². The van der Waals surface area contributed by atoms with E-state index in [9.17, 15) is 0 Å². The SMILES string of the molecule is CC(C)=C(Cl)CC/C(=C/CCl)CCl. The van der Waals surface area contributed by atoms with Gasteiger partial charge in [0.05, 0.1) is 0 Å². The highest BCUT2D eigenvalue weighted by molar-refractivity contribution is 6.29. The van der Waals surface area contributed by atoms with Crippen LogP contribution in [0.5, 0.6) is 0 Å². The van der Waals surface area contributed by atoms with Crippen molar-refractivity contribution >= 4 is 34.8 Å². The van der Waals surface area contributed by atoms with Gasteiger partial charge in [0.25, 0.3) is 0 Å². The van der Waals surface area contributed by atoms with E-state index in [1.54, 1.807) is 0 Å². The Kier molecular flexibility index (Phi) is 7.93. The molecule has 0 rings (SSSR count). The second-order valence-corrected chi connectivity index (χ2v) is 4.09. The molecule has 0 aromatic heterocycles. The van der Waals surface area contributed by atoms with Gasteiger partial charge in [-0.3, -0.25) is 0 Å². The number of hydrogen-bond acceptors (Lipinski definition) is 0. The fourth-order valence-corrected chi connectivity index (χ4v) is 1.41. The van der Waals surface area contributed by atoms with Crippen molar-refractivity contribution < 1.29 is 0 Å². The van der Waals surface area contributed by atoms with Gasteiger partial charge in [-0.05, 0) is 26.7 Å². The minimum Gasteiger partial charge on any atom is -0.122 e. The molecule has 0 fully saturated rings. The van der Waals surface area contributed by atoms with E-state index in [2.05, 4.69) is 0 Å². The molecule has 0 saturated carbocycles. The third kappa shape index (κ3) is 6.42. The average molecular weight is 242 g/mol. The van der Waals surface area contributed by atoms with Crippen LogP contribution in [0.15, 0.2) is 22.3 Å². The molecule has 0 heterocycles. The van der Waals surface area contributed by atoms with Crippen molar-refractivity contribution in [1.29, 1.82) is 0 Å². The molecule has 0 spiro atoms. The largest absolute Gasteiger partial charge is 0.122 e. The molecule has 13 heavy (non-hydrogen) atoms.